The van der Waals surface area contributed by atoms with Gasteiger partial charge in [-0.25, -0.2) is 0 Å². The normalized spacial score (nSPS) is 13.8. The van der Waals surface area contributed by atoms with Crippen molar-refractivity contribution in [2.24, 2.45) is 10.4 Å². The lowest BCUT2D eigenvalue weighted by Gasteiger charge is -2.07. The molecule has 2 aromatic rings. The van der Waals surface area contributed by atoms with Gasteiger partial charge in [0.1, 0.15) is 11.5 Å². The summed E-state index contributed by atoms with van der Waals surface area (Å²) in [6.45, 7) is 0. The van der Waals surface area contributed by atoms with Crippen molar-refractivity contribution in [3.63, 3.8) is 0 Å². The van der Waals surface area contributed by atoms with Gasteiger partial charge in [-0.3, -0.25) is 0 Å². The molecule has 0 N–H and O–H groups in total. The third-order valence-corrected chi connectivity index (χ3v) is 4.81. The third kappa shape index (κ3) is 3.97. The fraction of sp³-hybridized carbons (Fsp3) is 0.333. The summed E-state index contributed by atoms with van der Waals surface area (Å²) in [7, 11) is 0. The molecule has 2 heterocycles. The van der Waals surface area contributed by atoms with E-state index in [2.05, 4.69) is 10.4 Å². The Kier molecular flexibility index (Phi) is 5.87. The van der Waals surface area contributed by atoms with Crippen LogP contribution in [-0.2, 0) is 0 Å². The van der Waals surface area contributed by atoms with Crippen molar-refractivity contribution in [1.82, 2.24) is 0 Å². The number of thioether (sulfide) groups is 2. The minimum absolute atomic E-state index is 0.533. The molecule has 2 rings (SSSR count). The first-order valence-corrected chi connectivity index (χ1v) is 7.90. The summed E-state index contributed by atoms with van der Waals surface area (Å²) in [4.78, 5) is 21.5. The van der Waals surface area contributed by atoms with Crippen molar-refractivity contribution >= 4 is 23.5 Å². The molecule has 20 heavy (non-hydrogen) atoms. The van der Waals surface area contributed by atoms with Crippen LogP contribution in [0, 0.1) is 9.81 Å². The van der Waals surface area contributed by atoms with Gasteiger partial charge in [0.2, 0.25) is 0 Å². The van der Waals surface area contributed by atoms with Crippen LogP contribution < -0.4 is 0 Å². The fourth-order valence-corrected chi connectivity index (χ4v) is 3.45. The van der Waals surface area contributed by atoms with Gasteiger partial charge in [-0.15, -0.1) is 33.3 Å². The van der Waals surface area contributed by atoms with Crippen LogP contribution in [0.25, 0.3) is 0 Å². The minimum Gasteiger partial charge on any atom is -0.466 e. The molecule has 0 radical (unpaired) electrons. The largest absolute Gasteiger partial charge is 0.466 e. The van der Waals surface area contributed by atoms with Gasteiger partial charge in [-0.05, 0) is 34.6 Å². The fourth-order valence-electron chi connectivity index (χ4n) is 1.51. The average Bonchev–Trinajstić information content (AvgIpc) is 3.15. The second-order valence-corrected chi connectivity index (χ2v) is 6.06. The van der Waals surface area contributed by atoms with Crippen LogP contribution in [0.3, 0.4) is 0 Å². The smallest absolute Gasteiger partial charge is 0.195 e. The van der Waals surface area contributed by atoms with E-state index in [1.807, 2.05) is 0 Å². The Bertz CT molecular complexity index is 467. The van der Waals surface area contributed by atoms with E-state index in [4.69, 9.17) is 8.83 Å². The van der Waals surface area contributed by atoms with E-state index in [0.717, 1.165) is 0 Å². The van der Waals surface area contributed by atoms with Crippen LogP contribution >= 0.6 is 23.5 Å². The summed E-state index contributed by atoms with van der Waals surface area (Å²) in [5.41, 5.74) is 0. The number of furan rings is 2. The zero-order chi connectivity index (χ0) is 14.2. The summed E-state index contributed by atoms with van der Waals surface area (Å²) >= 11 is 2.72. The van der Waals surface area contributed by atoms with Gasteiger partial charge >= 0.3 is 0 Å². The van der Waals surface area contributed by atoms with Crippen LogP contribution in [-0.4, -0.2) is 11.5 Å². The summed E-state index contributed by atoms with van der Waals surface area (Å²) < 4.78 is 10.3. The van der Waals surface area contributed by atoms with Gasteiger partial charge in [0, 0.05) is 11.5 Å². The summed E-state index contributed by atoms with van der Waals surface area (Å²) in [5, 5.41) is 4.93. The molecule has 2 aromatic heterocycles. The number of hydrogen-bond donors (Lipinski definition) is 0. The maximum absolute atomic E-state index is 10.8. The van der Waals surface area contributed by atoms with Gasteiger partial charge in [-0.1, -0.05) is 0 Å². The van der Waals surface area contributed by atoms with Gasteiger partial charge in [0.15, 0.2) is 10.7 Å². The lowest BCUT2D eigenvalue weighted by Crippen LogP contribution is -1.94. The van der Waals surface area contributed by atoms with E-state index < -0.39 is 10.7 Å². The van der Waals surface area contributed by atoms with Crippen molar-refractivity contribution in [3.8, 4) is 0 Å². The number of rotatable bonds is 9. The molecule has 0 bridgehead atoms. The van der Waals surface area contributed by atoms with Crippen molar-refractivity contribution in [2.45, 2.75) is 10.7 Å². The van der Waals surface area contributed by atoms with Crippen molar-refractivity contribution in [3.05, 3.63) is 58.1 Å². The summed E-state index contributed by atoms with van der Waals surface area (Å²) in [6, 6.07) is 6.85. The maximum atomic E-state index is 10.8. The standard InChI is InChI=1S/C12H12N2O4S2/c15-13-11(9-3-1-5-17-9)19-7-8-20-12(14-16)10-4-2-6-18-10/h1-6,11-12H,7-8H2. The second kappa shape index (κ2) is 7.91. The van der Waals surface area contributed by atoms with Crippen LogP contribution in [0.4, 0.5) is 0 Å². The van der Waals surface area contributed by atoms with Crippen LogP contribution in [0.2, 0.25) is 0 Å². The molecular weight excluding hydrogens is 300 g/mol. The molecule has 0 spiro atoms. The van der Waals surface area contributed by atoms with E-state index in [9.17, 15) is 9.81 Å². The first kappa shape index (κ1) is 14.9. The number of nitroso groups, excluding NO2 is 2. The Morgan fingerprint density at radius 1 is 0.900 bits per heavy atom. The van der Waals surface area contributed by atoms with E-state index in [0.29, 0.717) is 23.0 Å². The Labute approximate surface area is 123 Å². The highest BCUT2D eigenvalue weighted by Crippen LogP contribution is 2.34. The van der Waals surface area contributed by atoms with E-state index in [-0.39, 0.29) is 0 Å². The van der Waals surface area contributed by atoms with Crippen LogP contribution in [0.1, 0.15) is 22.3 Å². The highest BCUT2D eigenvalue weighted by molar-refractivity contribution is 8.03. The quantitative estimate of drug-likeness (QED) is 0.498. The van der Waals surface area contributed by atoms with Crippen molar-refractivity contribution in [2.75, 3.05) is 11.5 Å². The molecule has 0 fully saturated rings. The Morgan fingerprint density at radius 2 is 1.35 bits per heavy atom. The van der Waals surface area contributed by atoms with E-state index in [1.165, 1.54) is 36.1 Å². The molecular formula is C12H12N2O4S2. The van der Waals surface area contributed by atoms with Gasteiger partial charge in [-0.2, -0.15) is 0 Å². The molecule has 0 saturated carbocycles. The predicted octanol–water partition coefficient (Wildman–Crippen LogP) is 4.57. The average molecular weight is 312 g/mol. The SMILES string of the molecule is O=NC(SCCSC(N=O)c1ccco1)c1ccco1. The molecule has 0 aromatic carbocycles. The zero-order valence-electron chi connectivity index (χ0n) is 10.4. The Balaban J connectivity index is 1.75. The lowest BCUT2D eigenvalue weighted by atomic mass is 10.4. The minimum atomic E-state index is -0.558. The zero-order valence-corrected chi connectivity index (χ0v) is 12.0. The lowest BCUT2D eigenvalue weighted by molar-refractivity contribution is 0.508. The third-order valence-electron chi connectivity index (χ3n) is 2.40. The molecule has 8 heteroatoms. The second-order valence-electron chi connectivity index (χ2n) is 3.69. The Morgan fingerprint density at radius 3 is 1.65 bits per heavy atom. The molecule has 2 atom stereocenters. The van der Waals surface area contributed by atoms with E-state index in [1.54, 1.807) is 24.3 Å². The summed E-state index contributed by atoms with van der Waals surface area (Å²) in [6.07, 6.45) is 3.01. The summed E-state index contributed by atoms with van der Waals surface area (Å²) in [5.74, 6) is 2.36. The van der Waals surface area contributed by atoms with Gasteiger partial charge < -0.3 is 8.83 Å². The van der Waals surface area contributed by atoms with Crippen molar-refractivity contribution in [1.29, 1.82) is 0 Å². The molecule has 106 valence electrons. The first-order chi connectivity index (χ1) is 9.85. The van der Waals surface area contributed by atoms with E-state index >= 15 is 0 Å². The maximum Gasteiger partial charge on any atom is 0.195 e. The van der Waals surface area contributed by atoms with Crippen LogP contribution in [0.5, 0.6) is 0 Å². The number of nitrogens with zero attached hydrogens (tertiary/aromatic N) is 2. The molecule has 2 unspecified atom stereocenters. The molecule has 0 aliphatic rings. The van der Waals surface area contributed by atoms with Gasteiger partial charge in [0.25, 0.3) is 0 Å². The highest BCUT2D eigenvalue weighted by atomic mass is 32.2. The van der Waals surface area contributed by atoms with Gasteiger partial charge in [0.05, 0.1) is 12.5 Å². The highest BCUT2D eigenvalue weighted by Gasteiger charge is 2.17. The molecule has 0 amide bonds. The van der Waals surface area contributed by atoms with Crippen molar-refractivity contribution < 1.29 is 8.83 Å². The molecule has 0 aliphatic carbocycles. The predicted molar refractivity (Wildman–Crippen MR) is 79.4 cm³/mol. The Hall–Kier alpha value is -1.54. The first-order valence-electron chi connectivity index (χ1n) is 5.80. The molecule has 0 saturated heterocycles. The number of hydrogen-bond acceptors (Lipinski definition) is 8. The molecule has 0 aliphatic heterocycles. The topological polar surface area (TPSA) is 85.1 Å². The van der Waals surface area contributed by atoms with Crippen LogP contribution in [0.15, 0.2) is 56.0 Å². The monoisotopic (exact) mass is 312 g/mol. The molecule has 6 nitrogen and oxygen atoms in total.